The smallest absolute Gasteiger partial charge is 0.326 e. The molecule has 1 fully saturated rings. The molecule has 1 saturated carbocycles. The molecule has 1 aromatic carbocycles. The van der Waals surface area contributed by atoms with Crippen LogP contribution in [0.2, 0.25) is 0 Å². The summed E-state index contributed by atoms with van der Waals surface area (Å²) in [5.74, 6) is -0.695. The second kappa shape index (κ2) is 6.26. The van der Waals surface area contributed by atoms with Gasteiger partial charge in [0, 0.05) is 10.5 Å². The van der Waals surface area contributed by atoms with Crippen molar-refractivity contribution in [2.24, 2.45) is 0 Å². The molecule has 0 aliphatic heterocycles. The van der Waals surface area contributed by atoms with Crippen LogP contribution in [0.1, 0.15) is 19.8 Å². The van der Waals surface area contributed by atoms with E-state index < -0.39 is 12.0 Å². The predicted octanol–water partition coefficient (Wildman–Crippen LogP) is 2.29. The highest BCUT2D eigenvalue weighted by molar-refractivity contribution is 9.10. The maximum absolute atomic E-state index is 12.1. The average Bonchev–Trinajstić information content (AvgIpc) is 3.22. The number of carboxylic acids is 1. The average molecular weight is 342 g/mol. The zero-order chi connectivity index (χ0) is 14.7. The normalized spacial score (nSPS) is 15.5. The molecule has 0 aromatic heterocycles. The highest BCUT2D eigenvalue weighted by Crippen LogP contribution is 2.29. The summed E-state index contributed by atoms with van der Waals surface area (Å²) in [7, 11) is 0. The Morgan fingerprint density at radius 1 is 1.40 bits per heavy atom. The monoisotopic (exact) mass is 341 g/mol. The number of carbonyl (C=O) groups excluding carboxylic acids is 1. The minimum absolute atomic E-state index is 0.0436. The van der Waals surface area contributed by atoms with Crippen LogP contribution in [0, 0.1) is 0 Å². The number of hydrogen-bond acceptors (Lipinski definition) is 3. The SMILES string of the molecule is CC(C(=O)O)N(C(=O)COc1ccc(Br)cc1)C1CC1. The molecule has 2 rings (SSSR count). The van der Waals surface area contributed by atoms with Crippen LogP contribution in [0.4, 0.5) is 0 Å². The first-order chi connectivity index (χ1) is 9.49. The molecule has 1 amide bonds. The standard InChI is InChI=1S/C14H16BrNO4/c1-9(14(18)19)16(11-4-5-11)13(17)8-20-12-6-2-10(15)3-7-12/h2-3,6-7,9,11H,4-5,8H2,1H3,(H,18,19). The van der Waals surface area contributed by atoms with Crippen LogP contribution in [-0.2, 0) is 9.59 Å². The van der Waals surface area contributed by atoms with Crippen molar-refractivity contribution in [1.82, 2.24) is 4.90 Å². The molecule has 1 aromatic rings. The molecule has 1 unspecified atom stereocenters. The van der Waals surface area contributed by atoms with Gasteiger partial charge in [-0.3, -0.25) is 4.79 Å². The highest BCUT2D eigenvalue weighted by atomic mass is 79.9. The lowest BCUT2D eigenvalue weighted by Gasteiger charge is -2.26. The summed E-state index contributed by atoms with van der Waals surface area (Å²) in [6.07, 6.45) is 1.73. The number of amides is 1. The zero-order valence-electron chi connectivity index (χ0n) is 11.1. The molecule has 0 bridgehead atoms. The Morgan fingerprint density at radius 2 is 2.00 bits per heavy atom. The van der Waals surface area contributed by atoms with Crippen molar-refractivity contribution in [3.63, 3.8) is 0 Å². The van der Waals surface area contributed by atoms with E-state index >= 15 is 0 Å². The molecule has 0 saturated heterocycles. The van der Waals surface area contributed by atoms with Crippen LogP contribution < -0.4 is 4.74 Å². The fourth-order valence-corrected chi connectivity index (χ4v) is 2.22. The summed E-state index contributed by atoms with van der Waals surface area (Å²) in [6, 6.07) is 6.36. The van der Waals surface area contributed by atoms with Crippen molar-refractivity contribution in [2.75, 3.05) is 6.61 Å². The fourth-order valence-electron chi connectivity index (χ4n) is 1.96. The van der Waals surface area contributed by atoms with Crippen LogP contribution in [0.15, 0.2) is 28.7 Å². The Morgan fingerprint density at radius 3 is 2.50 bits per heavy atom. The van der Waals surface area contributed by atoms with Gasteiger partial charge in [-0.15, -0.1) is 0 Å². The van der Waals surface area contributed by atoms with Gasteiger partial charge >= 0.3 is 5.97 Å². The maximum atomic E-state index is 12.1. The molecule has 1 N–H and O–H groups in total. The minimum Gasteiger partial charge on any atom is -0.484 e. The fraction of sp³-hybridized carbons (Fsp3) is 0.429. The molecule has 5 nitrogen and oxygen atoms in total. The van der Waals surface area contributed by atoms with Gasteiger partial charge in [0.05, 0.1) is 0 Å². The molecule has 20 heavy (non-hydrogen) atoms. The number of halogens is 1. The van der Waals surface area contributed by atoms with Crippen molar-refractivity contribution in [1.29, 1.82) is 0 Å². The molecule has 1 aliphatic carbocycles. The van der Waals surface area contributed by atoms with E-state index in [1.54, 1.807) is 12.1 Å². The first-order valence-electron chi connectivity index (χ1n) is 6.41. The Labute approximate surface area is 125 Å². The quantitative estimate of drug-likeness (QED) is 0.861. The van der Waals surface area contributed by atoms with Gasteiger partial charge in [0.25, 0.3) is 5.91 Å². The Bertz CT molecular complexity index is 498. The minimum atomic E-state index is -0.992. The van der Waals surface area contributed by atoms with E-state index in [1.165, 1.54) is 11.8 Å². The van der Waals surface area contributed by atoms with Crippen LogP contribution in [0.5, 0.6) is 5.75 Å². The third-order valence-electron chi connectivity index (χ3n) is 3.18. The van der Waals surface area contributed by atoms with Gasteiger partial charge in [0.15, 0.2) is 6.61 Å². The lowest BCUT2D eigenvalue weighted by Crippen LogP contribution is -2.46. The second-order valence-corrected chi connectivity index (χ2v) is 5.70. The van der Waals surface area contributed by atoms with Gasteiger partial charge in [-0.05, 0) is 44.0 Å². The Hall–Kier alpha value is -1.56. The maximum Gasteiger partial charge on any atom is 0.326 e. The zero-order valence-corrected chi connectivity index (χ0v) is 12.7. The summed E-state index contributed by atoms with van der Waals surface area (Å²) in [5, 5.41) is 9.05. The summed E-state index contributed by atoms with van der Waals surface area (Å²) >= 11 is 3.32. The van der Waals surface area contributed by atoms with Crippen LogP contribution in [-0.4, -0.2) is 40.6 Å². The van der Waals surface area contributed by atoms with Gasteiger partial charge in [-0.1, -0.05) is 15.9 Å². The first-order valence-corrected chi connectivity index (χ1v) is 7.20. The number of ether oxygens (including phenoxy) is 1. The van der Waals surface area contributed by atoms with Gasteiger partial charge < -0.3 is 14.7 Å². The van der Waals surface area contributed by atoms with E-state index in [9.17, 15) is 9.59 Å². The van der Waals surface area contributed by atoms with Crippen molar-refractivity contribution >= 4 is 27.8 Å². The third-order valence-corrected chi connectivity index (χ3v) is 3.71. The highest BCUT2D eigenvalue weighted by Gasteiger charge is 2.38. The Kier molecular flexibility index (Phi) is 4.65. The van der Waals surface area contributed by atoms with Crippen molar-refractivity contribution in [2.45, 2.75) is 31.8 Å². The molecule has 1 atom stereocenters. The predicted molar refractivity (Wildman–Crippen MR) is 76.6 cm³/mol. The number of rotatable bonds is 6. The lowest BCUT2D eigenvalue weighted by atomic mass is 10.2. The van der Waals surface area contributed by atoms with Crippen molar-refractivity contribution in [3.8, 4) is 5.75 Å². The number of hydrogen-bond donors (Lipinski definition) is 1. The van der Waals surface area contributed by atoms with Crippen molar-refractivity contribution in [3.05, 3.63) is 28.7 Å². The molecule has 0 radical (unpaired) electrons. The number of carboxylic acid groups (broad SMARTS) is 1. The van der Waals surface area contributed by atoms with Gasteiger partial charge in [-0.25, -0.2) is 4.79 Å². The number of aliphatic carboxylic acids is 1. The first kappa shape index (κ1) is 14.8. The molecular formula is C14H16BrNO4. The molecule has 6 heteroatoms. The molecule has 1 aliphatic rings. The number of nitrogens with zero attached hydrogens (tertiary/aromatic N) is 1. The van der Waals surface area contributed by atoms with Gasteiger partial charge in [-0.2, -0.15) is 0 Å². The van der Waals surface area contributed by atoms with E-state index in [0.29, 0.717) is 5.75 Å². The summed E-state index contributed by atoms with van der Waals surface area (Å²) in [4.78, 5) is 24.6. The topological polar surface area (TPSA) is 66.8 Å². The largest absolute Gasteiger partial charge is 0.484 e. The second-order valence-electron chi connectivity index (χ2n) is 4.79. The van der Waals surface area contributed by atoms with E-state index in [0.717, 1.165) is 17.3 Å². The Balaban J connectivity index is 1.95. The number of carbonyl (C=O) groups is 2. The molecule has 0 spiro atoms. The molecule has 108 valence electrons. The third kappa shape index (κ3) is 3.72. The van der Waals surface area contributed by atoms with E-state index in [-0.39, 0.29) is 18.6 Å². The number of benzene rings is 1. The van der Waals surface area contributed by atoms with Gasteiger partial charge in [0.2, 0.25) is 0 Å². The van der Waals surface area contributed by atoms with E-state index in [4.69, 9.17) is 9.84 Å². The summed E-state index contributed by atoms with van der Waals surface area (Å²) in [6.45, 7) is 1.38. The van der Waals surface area contributed by atoms with E-state index in [2.05, 4.69) is 15.9 Å². The van der Waals surface area contributed by atoms with Crippen LogP contribution in [0.25, 0.3) is 0 Å². The van der Waals surface area contributed by atoms with E-state index in [1.807, 2.05) is 12.1 Å². The van der Waals surface area contributed by atoms with Crippen molar-refractivity contribution < 1.29 is 19.4 Å². The summed E-state index contributed by atoms with van der Waals surface area (Å²) < 4.78 is 6.33. The summed E-state index contributed by atoms with van der Waals surface area (Å²) in [5.41, 5.74) is 0. The van der Waals surface area contributed by atoms with Gasteiger partial charge in [0.1, 0.15) is 11.8 Å². The van der Waals surface area contributed by atoms with Crippen LogP contribution >= 0.6 is 15.9 Å². The molecule has 0 heterocycles. The van der Waals surface area contributed by atoms with Crippen LogP contribution in [0.3, 0.4) is 0 Å². The lowest BCUT2D eigenvalue weighted by molar-refractivity contribution is -0.150. The molecular weight excluding hydrogens is 326 g/mol.